The van der Waals surface area contributed by atoms with Crippen LogP contribution >= 0.6 is 0 Å². The molecule has 0 radical (unpaired) electrons. The van der Waals surface area contributed by atoms with Gasteiger partial charge in [-0.3, -0.25) is 14.9 Å². The van der Waals surface area contributed by atoms with E-state index >= 15 is 0 Å². The minimum absolute atomic E-state index is 0.345. The van der Waals surface area contributed by atoms with E-state index < -0.39 is 0 Å². The van der Waals surface area contributed by atoms with E-state index in [0.717, 1.165) is 18.8 Å². The summed E-state index contributed by atoms with van der Waals surface area (Å²) in [5, 5.41) is 3.64. The predicted molar refractivity (Wildman–Crippen MR) is 78.0 cm³/mol. The van der Waals surface area contributed by atoms with Crippen LogP contribution in [0.15, 0.2) is 18.6 Å². The quantitative estimate of drug-likeness (QED) is 0.854. The zero-order chi connectivity index (χ0) is 13.5. The lowest BCUT2D eigenvalue weighted by Crippen LogP contribution is -2.44. The average molecular weight is 262 g/mol. The van der Waals surface area contributed by atoms with Crippen molar-refractivity contribution in [1.29, 1.82) is 0 Å². The second kappa shape index (κ2) is 7.56. The molecule has 2 rings (SSSR count). The summed E-state index contributed by atoms with van der Waals surface area (Å²) < 4.78 is 0. The number of rotatable bonds is 6. The second-order valence-electron chi connectivity index (χ2n) is 5.45. The average Bonchev–Trinajstić information content (AvgIpc) is 2.48. The third-order valence-corrected chi connectivity index (χ3v) is 3.94. The van der Waals surface area contributed by atoms with E-state index in [1.165, 1.54) is 32.2 Å². The van der Waals surface area contributed by atoms with Crippen molar-refractivity contribution in [3.05, 3.63) is 24.3 Å². The molecule has 1 aromatic heterocycles. The van der Waals surface area contributed by atoms with E-state index in [1.807, 2.05) is 6.20 Å². The molecule has 0 bridgehead atoms. The van der Waals surface area contributed by atoms with E-state index in [9.17, 15) is 0 Å². The molecule has 0 aromatic carbocycles. The molecule has 1 aromatic rings. The predicted octanol–water partition coefficient (Wildman–Crippen LogP) is 2.39. The van der Waals surface area contributed by atoms with Crippen molar-refractivity contribution < 1.29 is 0 Å². The van der Waals surface area contributed by atoms with Crippen LogP contribution in [0.5, 0.6) is 0 Å². The Balaban J connectivity index is 1.97. The number of nitrogens with one attached hydrogen (secondary N) is 1. The van der Waals surface area contributed by atoms with Gasteiger partial charge in [0.1, 0.15) is 0 Å². The maximum absolute atomic E-state index is 4.45. The normalized spacial score (nSPS) is 21.5. The van der Waals surface area contributed by atoms with Crippen LogP contribution in [0.4, 0.5) is 0 Å². The van der Waals surface area contributed by atoms with E-state index in [2.05, 4.69) is 34.0 Å². The molecule has 106 valence electrons. The second-order valence-corrected chi connectivity index (χ2v) is 5.45. The highest BCUT2D eigenvalue weighted by molar-refractivity contribution is 5.01. The van der Waals surface area contributed by atoms with Gasteiger partial charge in [0.25, 0.3) is 0 Å². The van der Waals surface area contributed by atoms with Crippen LogP contribution in [0.2, 0.25) is 0 Å². The summed E-state index contributed by atoms with van der Waals surface area (Å²) in [6.45, 7) is 7.89. The Morgan fingerprint density at radius 1 is 1.42 bits per heavy atom. The van der Waals surface area contributed by atoms with Gasteiger partial charge in [-0.1, -0.05) is 13.3 Å². The van der Waals surface area contributed by atoms with Gasteiger partial charge < -0.3 is 5.32 Å². The van der Waals surface area contributed by atoms with Crippen molar-refractivity contribution in [2.45, 2.75) is 51.6 Å². The lowest BCUT2D eigenvalue weighted by atomic mass is 10.0. The van der Waals surface area contributed by atoms with Gasteiger partial charge in [0.2, 0.25) is 0 Å². The molecule has 19 heavy (non-hydrogen) atoms. The molecule has 4 heteroatoms. The summed E-state index contributed by atoms with van der Waals surface area (Å²) in [4.78, 5) is 11.2. The minimum Gasteiger partial charge on any atom is -0.313 e. The van der Waals surface area contributed by atoms with Gasteiger partial charge in [-0.15, -0.1) is 0 Å². The highest BCUT2D eigenvalue weighted by Gasteiger charge is 2.21. The van der Waals surface area contributed by atoms with Crippen LogP contribution in [0.3, 0.4) is 0 Å². The Hall–Kier alpha value is -1.00. The van der Waals surface area contributed by atoms with Gasteiger partial charge >= 0.3 is 0 Å². The summed E-state index contributed by atoms with van der Waals surface area (Å²) in [6.07, 6.45) is 10.6. The van der Waals surface area contributed by atoms with Crippen LogP contribution in [0, 0.1) is 0 Å². The van der Waals surface area contributed by atoms with E-state index in [1.54, 1.807) is 12.4 Å². The number of piperidine rings is 1. The lowest BCUT2D eigenvalue weighted by Gasteiger charge is -2.34. The molecule has 0 spiro atoms. The Morgan fingerprint density at radius 2 is 2.32 bits per heavy atom. The fraction of sp³-hybridized carbons (Fsp3) is 0.733. The molecule has 2 unspecified atom stereocenters. The molecule has 0 amide bonds. The smallest absolute Gasteiger partial charge is 0.0755 e. The third-order valence-electron chi connectivity index (χ3n) is 3.94. The van der Waals surface area contributed by atoms with Crippen LogP contribution in [-0.4, -0.2) is 40.5 Å². The number of aromatic nitrogens is 2. The molecular weight excluding hydrogens is 236 g/mol. The molecule has 0 saturated carbocycles. The fourth-order valence-electron chi connectivity index (χ4n) is 2.81. The third kappa shape index (κ3) is 4.25. The van der Waals surface area contributed by atoms with Crippen LogP contribution in [-0.2, 0) is 0 Å². The Morgan fingerprint density at radius 3 is 2.95 bits per heavy atom. The van der Waals surface area contributed by atoms with E-state index in [4.69, 9.17) is 0 Å². The molecule has 0 aliphatic carbocycles. The van der Waals surface area contributed by atoms with Gasteiger partial charge in [0, 0.05) is 31.2 Å². The summed E-state index contributed by atoms with van der Waals surface area (Å²) in [7, 11) is 0. The minimum atomic E-state index is 0.345. The summed E-state index contributed by atoms with van der Waals surface area (Å²) in [6, 6.07) is 0.983. The molecule has 1 aliphatic rings. The van der Waals surface area contributed by atoms with Crippen molar-refractivity contribution >= 4 is 0 Å². The van der Waals surface area contributed by atoms with Crippen molar-refractivity contribution in [3.8, 4) is 0 Å². The first-order chi connectivity index (χ1) is 9.31. The van der Waals surface area contributed by atoms with E-state index in [0.29, 0.717) is 12.1 Å². The maximum Gasteiger partial charge on any atom is 0.0755 e. The molecule has 2 heterocycles. The van der Waals surface area contributed by atoms with Gasteiger partial charge in [-0.05, 0) is 39.3 Å². The SMILES string of the molecule is CCCN(CC1CCCCN1)C(C)c1cnccn1. The number of nitrogens with zero attached hydrogens (tertiary/aromatic N) is 3. The fourth-order valence-corrected chi connectivity index (χ4v) is 2.81. The van der Waals surface area contributed by atoms with Crippen LogP contribution in [0.1, 0.15) is 51.3 Å². The largest absolute Gasteiger partial charge is 0.313 e. The van der Waals surface area contributed by atoms with Crippen molar-refractivity contribution in [1.82, 2.24) is 20.2 Å². The highest BCUT2D eigenvalue weighted by atomic mass is 15.2. The standard InChI is InChI=1S/C15H26N4/c1-3-10-19(12-14-6-4-5-7-17-14)13(2)15-11-16-8-9-18-15/h8-9,11,13-14,17H,3-7,10,12H2,1-2H3. The first-order valence-corrected chi connectivity index (χ1v) is 7.54. The first-order valence-electron chi connectivity index (χ1n) is 7.54. The summed E-state index contributed by atoms with van der Waals surface area (Å²) >= 11 is 0. The van der Waals surface area contributed by atoms with Gasteiger partial charge in [-0.25, -0.2) is 0 Å². The maximum atomic E-state index is 4.45. The Bertz CT molecular complexity index is 348. The zero-order valence-corrected chi connectivity index (χ0v) is 12.2. The van der Waals surface area contributed by atoms with Gasteiger partial charge in [0.05, 0.1) is 11.7 Å². The topological polar surface area (TPSA) is 41.0 Å². The van der Waals surface area contributed by atoms with Crippen molar-refractivity contribution in [2.75, 3.05) is 19.6 Å². The van der Waals surface area contributed by atoms with Crippen LogP contribution in [0.25, 0.3) is 0 Å². The monoisotopic (exact) mass is 262 g/mol. The first kappa shape index (κ1) is 14.4. The van der Waals surface area contributed by atoms with Gasteiger partial charge in [0.15, 0.2) is 0 Å². The lowest BCUT2D eigenvalue weighted by molar-refractivity contribution is 0.173. The molecule has 1 fully saturated rings. The van der Waals surface area contributed by atoms with E-state index in [-0.39, 0.29) is 0 Å². The van der Waals surface area contributed by atoms with Gasteiger partial charge in [-0.2, -0.15) is 0 Å². The Labute approximate surface area is 116 Å². The number of hydrogen-bond donors (Lipinski definition) is 1. The molecule has 1 saturated heterocycles. The molecule has 1 N–H and O–H groups in total. The molecule has 4 nitrogen and oxygen atoms in total. The van der Waals surface area contributed by atoms with Crippen molar-refractivity contribution in [2.24, 2.45) is 0 Å². The highest BCUT2D eigenvalue weighted by Crippen LogP contribution is 2.19. The van der Waals surface area contributed by atoms with Crippen LogP contribution < -0.4 is 5.32 Å². The molecule has 1 aliphatic heterocycles. The summed E-state index contributed by atoms with van der Waals surface area (Å²) in [5.74, 6) is 0. The molecule has 2 atom stereocenters. The number of hydrogen-bond acceptors (Lipinski definition) is 4. The summed E-state index contributed by atoms with van der Waals surface area (Å²) in [5.41, 5.74) is 1.08. The Kier molecular flexibility index (Phi) is 5.73. The van der Waals surface area contributed by atoms with Crippen molar-refractivity contribution in [3.63, 3.8) is 0 Å². The molecular formula is C15H26N4. The zero-order valence-electron chi connectivity index (χ0n) is 12.2.